The van der Waals surface area contributed by atoms with Gasteiger partial charge in [-0.15, -0.1) is 0 Å². The first-order valence-corrected chi connectivity index (χ1v) is 3.70. The average Bonchev–Trinajstić information content (AvgIpc) is 1.84. The lowest BCUT2D eigenvalue weighted by molar-refractivity contribution is -0.131. The first kappa shape index (κ1) is 10.9. The molecule has 0 aliphatic rings. The van der Waals surface area contributed by atoms with Crippen LogP contribution >= 0.6 is 0 Å². The van der Waals surface area contributed by atoms with Gasteiger partial charge in [-0.1, -0.05) is 0 Å². The Morgan fingerprint density at radius 3 is 2.50 bits per heavy atom. The molecule has 1 N–H and O–H groups in total. The van der Waals surface area contributed by atoms with E-state index in [2.05, 4.69) is 0 Å². The van der Waals surface area contributed by atoms with Gasteiger partial charge >= 0.3 is 0 Å². The molecule has 0 aromatic heterocycles. The minimum absolute atomic E-state index is 0.132. The highest BCUT2D eigenvalue weighted by atomic mass is 16.3. The molecular formula is C8H14N2O2. The zero-order valence-electron chi connectivity index (χ0n) is 7.66. The van der Waals surface area contributed by atoms with Gasteiger partial charge in [0, 0.05) is 13.6 Å². The van der Waals surface area contributed by atoms with Crippen LogP contribution in [-0.4, -0.2) is 35.1 Å². The molecule has 0 aliphatic carbocycles. The van der Waals surface area contributed by atoms with E-state index in [9.17, 15) is 9.90 Å². The van der Waals surface area contributed by atoms with Crippen LogP contribution in [0, 0.1) is 11.3 Å². The van der Waals surface area contributed by atoms with Gasteiger partial charge in [-0.25, -0.2) is 0 Å². The maximum atomic E-state index is 11.0. The van der Waals surface area contributed by atoms with Crippen molar-refractivity contribution in [2.75, 3.05) is 13.6 Å². The van der Waals surface area contributed by atoms with Crippen molar-refractivity contribution in [1.82, 2.24) is 4.90 Å². The van der Waals surface area contributed by atoms with Crippen molar-refractivity contribution in [3.8, 4) is 6.07 Å². The Balaban J connectivity index is 3.98. The molecule has 0 heterocycles. The second-order valence-electron chi connectivity index (χ2n) is 3.40. The lowest BCUT2D eigenvalue weighted by Crippen LogP contribution is -2.39. The summed E-state index contributed by atoms with van der Waals surface area (Å²) in [6.45, 7) is 3.47. The van der Waals surface area contributed by atoms with E-state index in [1.54, 1.807) is 27.0 Å². The third kappa shape index (κ3) is 4.69. The van der Waals surface area contributed by atoms with Crippen molar-refractivity contribution < 1.29 is 9.90 Å². The molecule has 0 unspecified atom stereocenters. The van der Waals surface area contributed by atoms with Crippen LogP contribution in [0.1, 0.15) is 20.3 Å². The highest BCUT2D eigenvalue weighted by molar-refractivity contribution is 5.77. The molecule has 12 heavy (non-hydrogen) atoms. The van der Waals surface area contributed by atoms with Crippen LogP contribution in [0.15, 0.2) is 0 Å². The lowest BCUT2D eigenvalue weighted by atomic mass is 10.1. The Kier molecular flexibility index (Phi) is 3.71. The topological polar surface area (TPSA) is 64.3 Å². The summed E-state index contributed by atoms with van der Waals surface area (Å²) >= 11 is 0. The zero-order chi connectivity index (χ0) is 9.78. The number of likely N-dealkylation sites (N-methyl/N-ethyl adjacent to an activating group) is 1. The molecule has 0 saturated carbocycles. The van der Waals surface area contributed by atoms with Crippen LogP contribution in [0.4, 0.5) is 0 Å². The number of carbonyl (C=O) groups excluding carboxylic acids is 1. The maximum absolute atomic E-state index is 11.0. The monoisotopic (exact) mass is 170 g/mol. The molecule has 0 fully saturated rings. The minimum Gasteiger partial charge on any atom is -0.389 e. The van der Waals surface area contributed by atoms with Crippen LogP contribution in [0.3, 0.4) is 0 Å². The molecule has 0 saturated heterocycles. The minimum atomic E-state index is -0.903. The standard InChI is InChI=1S/C8H14N2O2/c1-8(2,12)6-10(3)7(11)4-5-9/h12H,4,6H2,1-3H3. The third-order valence-corrected chi connectivity index (χ3v) is 1.28. The van der Waals surface area contributed by atoms with Crippen molar-refractivity contribution >= 4 is 5.91 Å². The lowest BCUT2D eigenvalue weighted by Gasteiger charge is -2.24. The van der Waals surface area contributed by atoms with Gasteiger partial charge < -0.3 is 10.0 Å². The number of amides is 1. The molecule has 0 bridgehead atoms. The number of hydrogen-bond acceptors (Lipinski definition) is 3. The molecule has 0 radical (unpaired) electrons. The molecule has 0 rings (SSSR count). The predicted molar refractivity (Wildman–Crippen MR) is 44.2 cm³/mol. The Morgan fingerprint density at radius 1 is 1.67 bits per heavy atom. The fraction of sp³-hybridized carbons (Fsp3) is 0.750. The molecule has 1 amide bonds. The molecule has 0 aromatic rings. The van der Waals surface area contributed by atoms with E-state index >= 15 is 0 Å². The van der Waals surface area contributed by atoms with E-state index in [0.29, 0.717) is 0 Å². The summed E-state index contributed by atoms with van der Waals surface area (Å²) in [5, 5.41) is 17.6. The molecular weight excluding hydrogens is 156 g/mol. The number of rotatable bonds is 3. The van der Waals surface area contributed by atoms with Crippen LogP contribution < -0.4 is 0 Å². The van der Waals surface area contributed by atoms with E-state index in [1.165, 1.54) is 4.90 Å². The van der Waals surface area contributed by atoms with Crippen molar-refractivity contribution in [1.29, 1.82) is 5.26 Å². The fourth-order valence-electron chi connectivity index (χ4n) is 0.871. The van der Waals surface area contributed by atoms with E-state index < -0.39 is 5.60 Å². The Hall–Kier alpha value is -1.08. The van der Waals surface area contributed by atoms with Gasteiger partial charge in [-0.2, -0.15) is 5.26 Å². The summed E-state index contributed by atoms with van der Waals surface area (Å²) in [5.41, 5.74) is -0.903. The number of nitrogens with zero attached hydrogens (tertiary/aromatic N) is 2. The van der Waals surface area contributed by atoms with Gasteiger partial charge in [-0.05, 0) is 13.8 Å². The maximum Gasteiger partial charge on any atom is 0.236 e. The fourth-order valence-corrected chi connectivity index (χ4v) is 0.871. The molecule has 68 valence electrons. The molecule has 4 nitrogen and oxygen atoms in total. The van der Waals surface area contributed by atoms with Crippen molar-refractivity contribution in [2.45, 2.75) is 25.9 Å². The van der Waals surface area contributed by atoms with Crippen LogP contribution in [0.5, 0.6) is 0 Å². The zero-order valence-corrected chi connectivity index (χ0v) is 7.66. The molecule has 0 aromatic carbocycles. The second kappa shape index (κ2) is 4.07. The number of hydrogen-bond donors (Lipinski definition) is 1. The Morgan fingerprint density at radius 2 is 2.17 bits per heavy atom. The SMILES string of the molecule is CN(CC(C)(C)O)C(=O)CC#N. The summed E-state index contributed by atoms with van der Waals surface area (Å²) in [6.07, 6.45) is -0.132. The third-order valence-electron chi connectivity index (χ3n) is 1.28. The largest absolute Gasteiger partial charge is 0.389 e. The Labute approximate surface area is 72.4 Å². The smallest absolute Gasteiger partial charge is 0.236 e. The summed E-state index contributed by atoms with van der Waals surface area (Å²) in [5.74, 6) is -0.264. The molecule has 0 spiro atoms. The van der Waals surface area contributed by atoms with Gasteiger partial charge in [0.1, 0.15) is 6.42 Å². The van der Waals surface area contributed by atoms with E-state index in [-0.39, 0.29) is 18.9 Å². The molecule has 0 aliphatic heterocycles. The van der Waals surface area contributed by atoms with Gasteiger partial charge in [0.05, 0.1) is 11.7 Å². The number of nitriles is 1. The van der Waals surface area contributed by atoms with Gasteiger partial charge in [0.2, 0.25) is 5.91 Å². The predicted octanol–water partition coefficient (Wildman–Crippen LogP) is 0.129. The summed E-state index contributed by atoms with van der Waals surface area (Å²) in [4.78, 5) is 12.4. The van der Waals surface area contributed by atoms with Gasteiger partial charge in [-0.3, -0.25) is 4.79 Å². The highest BCUT2D eigenvalue weighted by Gasteiger charge is 2.18. The summed E-state index contributed by atoms with van der Waals surface area (Å²) in [7, 11) is 1.57. The average molecular weight is 170 g/mol. The van der Waals surface area contributed by atoms with Crippen LogP contribution in [-0.2, 0) is 4.79 Å². The van der Waals surface area contributed by atoms with Crippen LogP contribution in [0.2, 0.25) is 0 Å². The van der Waals surface area contributed by atoms with E-state index in [0.717, 1.165) is 0 Å². The van der Waals surface area contributed by atoms with Crippen molar-refractivity contribution in [3.63, 3.8) is 0 Å². The second-order valence-corrected chi connectivity index (χ2v) is 3.40. The highest BCUT2D eigenvalue weighted by Crippen LogP contribution is 2.03. The summed E-state index contributed by atoms with van der Waals surface area (Å²) < 4.78 is 0. The normalized spacial score (nSPS) is 10.6. The molecule has 0 atom stereocenters. The van der Waals surface area contributed by atoms with Crippen LogP contribution in [0.25, 0.3) is 0 Å². The van der Waals surface area contributed by atoms with E-state index in [1.807, 2.05) is 0 Å². The van der Waals surface area contributed by atoms with Crippen molar-refractivity contribution in [3.05, 3.63) is 0 Å². The first-order chi connectivity index (χ1) is 5.37. The first-order valence-electron chi connectivity index (χ1n) is 3.70. The Bertz CT molecular complexity index is 200. The quantitative estimate of drug-likeness (QED) is 0.654. The summed E-state index contributed by atoms with van der Waals surface area (Å²) in [6, 6.07) is 1.76. The number of aliphatic hydroxyl groups is 1. The van der Waals surface area contributed by atoms with Gasteiger partial charge in [0.15, 0.2) is 0 Å². The molecule has 4 heteroatoms. The van der Waals surface area contributed by atoms with Crippen molar-refractivity contribution in [2.24, 2.45) is 0 Å². The number of carbonyl (C=O) groups is 1. The van der Waals surface area contributed by atoms with E-state index in [4.69, 9.17) is 5.26 Å². The van der Waals surface area contributed by atoms with Gasteiger partial charge in [0.25, 0.3) is 0 Å².